The van der Waals surface area contributed by atoms with Crippen molar-refractivity contribution in [3.8, 4) is 12.3 Å². The lowest BCUT2D eigenvalue weighted by Gasteiger charge is -2.18. The first-order valence-corrected chi connectivity index (χ1v) is 11.6. The lowest BCUT2D eigenvalue weighted by molar-refractivity contribution is -0.118. The van der Waals surface area contributed by atoms with Crippen LogP contribution in [-0.4, -0.2) is 20.5 Å². The molecule has 1 saturated carbocycles. The molecular weight excluding hydrogens is 382 g/mol. The van der Waals surface area contributed by atoms with Gasteiger partial charge in [0, 0.05) is 37.6 Å². The van der Waals surface area contributed by atoms with E-state index in [9.17, 15) is 4.79 Å². The standard InChI is InChI=1S/C27H37N3O/c1-7-9-22(18-24(31)17-21-12-11-19(2)16-20(21)3)26-29-28-25(30(26)23-13-14-23)10-8-15-27(4,5)6/h1,11-12,16,22-23H,8-10,13-15,17-18H2,2-6H3. The van der Waals surface area contributed by atoms with Crippen LogP contribution in [0.25, 0.3) is 0 Å². The van der Waals surface area contributed by atoms with Crippen molar-refractivity contribution in [3.63, 3.8) is 0 Å². The number of carbonyl (C=O) groups excluding carboxylic acids is 1. The minimum absolute atomic E-state index is 0.0623. The summed E-state index contributed by atoms with van der Waals surface area (Å²) in [6.45, 7) is 11.0. The molecular formula is C27H37N3O. The van der Waals surface area contributed by atoms with E-state index in [-0.39, 0.29) is 11.7 Å². The van der Waals surface area contributed by atoms with Crippen molar-refractivity contribution in [2.45, 2.75) is 97.9 Å². The highest BCUT2D eigenvalue weighted by Crippen LogP contribution is 2.39. The van der Waals surface area contributed by atoms with Crippen LogP contribution in [0.1, 0.15) is 99.6 Å². The van der Waals surface area contributed by atoms with Crippen LogP contribution in [0.4, 0.5) is 0 Å². The van der Waals surface area contributed by atoms with Gasteiger partial charge in [-0.05, 0) is 56.1 Å². The number of carbonyl (C=O) groups is 1. The summed E-state index contributed by atoms with van der Waals surface area (Å²) >= 11 is 0. The van der Waals surface area contributed by atoms with E-state index in [4.69, 9.17) is 6.42 Å². The fraction of sp³-hybridized carbons (Fsp3) is 0.593. The molecule has 31 heavy (non-hydrogen) atoms. The van der Waals surface area contributed by atoms with Gasteiger partial charge < -0.3 is 4.57 Å². The normalized spacial score (nSPS) is 15.0. The third kappa shape index (κ3) is 6.53. The van der Waals surface area contributed by atoms with Crippen molar-refractivity contribution in [1.29, 1.82) is 0 Å². The van der Waals surface area contributed by atoms with Crippen molar-refractivity contribution < 1.29 is 4.79 Å². The molecule has 1 aliphatic rings. The largest absolute Gasteiger partial charge is 0.312 e. The molecule has 0 radical (unpaired) electrons. The Kier molecular flexibility index (Phi) is 7.36. The average Bonchev–Trinajstić information content (AvgIpc) is 3.42. The van der Waals surface area contributed by atoms with Gasteiger partial charge in [0.25, 0.3) is 0 Å². The fourth-order valence-corrected chi connectivity index (χ4v) is 4.29. The molecule has 1 aromatic carbocycles. The Morgan fingerprint density at radius 2 is 2.00 bits per heavy atom. The number of aromatic nitrogens is 3. The van der Waals surface area contributed by atoms with E-state index in [2.05, 4.69) is 73.5 Å². The van der Waals surface area contributed by atoms with Crippen LogP contribution in [0.2, 0.25) is 0 Å². The number of Topliss-reactive ketones (excluding diaryl/α,β-unsaturated/α-hetero) is 1. The molecule has 1 heterocycles. The predicted molar refractivity (Wildman–Crippen MR) is 126 cm³/mol. The molecule has 0 saturated heterocycles. The second-order valence-electron chi connectivity index (χ2n) is 10.4. The molecule has 2 aromatic rings. The molecule has 0 spiro atoms. The van der Waals surface area contributed by atoms with Crippen LogP contribution >= 0.6 is 0 Å². The number of ketones is 1. The summed E-state index contributed by atoms with van der Waals surface area (Å²) in [5.41, 5.74) is 3.81. The van der Waals surface area contributed by atoms with Gasteiger partial charge in [-0.1, -0.05) is 44.5 Å². The van der Waals surface area contributed by atoms with Gasteiger partial charge in [0.05, 0.1) is 0 Å². The van der Waals surface area contributed by atoms with Gasteiger partial charge >= 0.3 is 0 Å². The molecule has 4 heteroatoms. The van der Waals surface area contributed by atoms with Crippen LogP contribution < -0.4 is 0 Å². The van der Waals surface area contributed by atoms with E-state index in [0.717, 1.165) is 49.3 Å². The summed E-state index contributed by atoms with van der Waals surface area (Å²) in [6.07, 6.45) is 12.6. The Balaban J connectivity index is 1.74. The first kappa shape index (κ1) is 23.3. The maximum absolute atomic E-state index is 13.0. The lowest BCUT2D eigenvalue weighted by Crippen LogP contribution is -2.16. The van der Waals surface area contributed by atoms with Crippen LogP contribution in [0.5, 0.6) is 0 Å². The molecule has 3 rings (SSSR count). The maximum Gasteiger partial charge on any atom is 0.138 e. The van der Waals surface area contributed by atoms with Gasteiger partial charge in [-0.15, -0.1) is 22.5 Å². The first-order chi connectivity index (χ1) is 14.7. The summed E-state index contributed by atoms with van der Waals surface area (Å²) in [4.78, 5) is 13.0. The van der Waals surface area contributed by atoms with Gasteiger partial charge in [-0.2, -0.15) is 0 Å². The molecule has 166 valence electrons. The van der Waals surface area contributed by atoms with Crippen molar-refractivity contribution in [2.24, 2.45) is 5.41 Å². The molecule has 0 N–H and O–H groups in total. The number of aryl methyl sites for hydroxylation is 3. The third-order valence-electron chi connectivity index (χ3n) is 6.12. The second-order valence-corrected chi connectivity index (χ2v) is 10.4. The quantitative estimate of drug-likeness (QED) is 0.450. The SMILES string of the molecule is C#CCC(CC(=O)Cc1ccc(C)cc1C)c1nnc(CCCC(C)(C)C)n1C1CC1. The van der Waals surface area contributed by atoms with Crippen LogP contribution in [0.3, 0.4) is 0 Å². The van der Waals surface area contributed by atoms with Gasteiger partial charge in [0.15, 0.2) is 0 Å². The average molecular weight is 420 g/mol. The summed E-state index contributed by atoms with van der Waals surface area (Å²) in [7, 11) is 0. The zero-order valence-corrected chi connectivity index (χ0v) is 19.9. The molecule has 1 fully saturated rings. The number of rotatable bonds is 10. The molecule has 0 aliphatic heterocycles. The topological polar surface area (TPSA) is 47.8 Å². The van der Waals surface area contributed by atoms with Crippen LogP contribution in [0.15, 0.2) is 18.2 Å². The van der Waals surface area contributed by atoms with Crippen molar-refractivity contribution in [1.82, 2.24) is 14.8 Å². The number of terminal acetylenes is 1. The van der Waals surface area contributed by atoms with E-state index in [0.29, 0.717) is 30.7 Å². The van der Waals surface area contributed by atoms with Gasteiger partial charge in [0.2, 0.25) is 0 Å². The zero-order valence-electron chi connectivity index (χ0n) is 19.9. The molecule has 0 bridgehead atoms. The Hall–Kier alpha value is -2.41. The zero-order chi connectivity index (χ0) is 22.6. The third-order valence-corrected chi connectivity index (χ3v) is 6.12. The van der Waals surface area contributed by atoms with E-state index < -0.39 is 0 Å². The van der Waals surface area contributed by atoms with E-state index in [1.54, 1.807) is 0 Å². The van der Waals surface area contributed by atoms with Crippen molar-refractivity contribution in [3.05, 3.63) is 46.5 Å². The maximum atomic E-state index is 13.0. The van der Waals surface area contributed by atoms with Gasteiger partial charge in [0.1, 0.15) is 17.4 Å². The summed E-state index contributed by atoms with van der Waals surface area (Å²) < 4.78 is 2.31. The number of nitrogens with zero attached hydrogens (tertiary/aromatic N) is 3. The Morgan fingerprint density at radius 3 is 2.61 bits per heavy atom. The summed E-state index contributed by atoms with van der Waals surface area (Å²) in [5.74, 6) is 4.91. The molecule has 0 amide bonds. The van der Waals surface area contributed by atoms with E-state index >= 15 is 0 Å². The van der Waals surface area contributed by atoms with Crippen LogP contribution in [-0.2, 0) is 17.6 Å². The minimum Gasteiger partial charge on any atom is -0.312 e. The van der Waals surface area contributed by atoms with Gasteiger partial charge in [-0.25, -0.2) is 0 Å². The van der Waals surface area contributed by atoms with E-state index in [1.807, 2.05) is 0 Å². The first-order valence-electron chi connectivity index (χ1n) is 11.6. The fourth-order valence-electron chi connectivity index (χ4n) is 4.29. The lowest BCUT2D eigenvalue weighted by atomic mass is 9.90. The van der Waals surface area contributed by atoms with Crippen LogP contribution in [0, 0.1) is 31.6 Å². The smallest absolute Gasteiger partial charge is 0.138 e. The van der Waals surface area contributed by atoms with Crippen molar-refractivity contribution in [2.75, 3.05) is 0 Å². The highest BCUT2D eigenvalue weighted by molar-refractivity contribution is 5.82. The Bertz CT molecular complexity index is 954. The number of hydrogen-bond acceptors (Lipinski definition) is 3. The monoisotopic (exact) mass is 419 g/mol. The molecule has 1 aromatic heterocycles. The Labute approximate surface area is 187 Å². The highest BCUT2D eigenvalue weighted by Gasteiger charge is 2.32. The highest BCUT2D eigenvalue weighted by atomic mass is 16.1. The molecule has 1 unspecified atom stereocenters. The Morgan fingerprint density at radius 1 is 1.26 bits per heavy atom. The second kappa shape index (κ2) is 9.81. The van der Waals surface area contributed by atoms with Crippen molar-refractivity contribution >= 4 is 5.78 Å². The predicted octanol–water partition coefficient (Wildman–Crippen LogP) is 5.91. The molecule has 1 aliphatic carbocycles. The number of benzene rings is 1. The van der Waals surface area contributed by atoms with E-state index in [1.165, 1.54) is 11.1 Å². The molecule has 4 nitrogen and oxygen atoms in total. The van der Waals surface area contributed by atoms with Gasteiger partial charge in [-0.3, -0.25) is 4.79 Å². The summed E-state index contributed by atoms with van der Waals surface area (Å²) in [5, 5.41) is 9.11. The molecule has 1 atom stereocenters. The number of hydrogen-bond donors (Lipinski definition) is 0. The minimum atomic E-state index is -0.0623. The summed E-state index contributed by atoms with van der Waals surface area (Å²) in [6, 6.07) is 6.75.